The number of nitro benzene ring substituents is 1. The first-order chi connectivity index (χ1) is 11.1. The molecule has 0 unspecified atom stereocenters. The van der Waals surface area contributed by atoms with Crippen LogP contribution in [0.5, 0.6) is 5.75 Å². The van der Waals surface area contributed by atoms with Crippen molar-refractivity contribution in [3.05, 3.63) is 57.6 Å². The van der Waals surface area contributed by atoms with E-state index in [1.54, 1.807) is 13.2 Å². The van der Waals surface area contributed by atoms with Crippen LogP contribution in [0.3, 0.4) is 0 Å². The van der Waals surface area contributed by atoms with Crippen LogP contribution in [0, 0.1) is 10.1 Å². The molecule has 116 valence electrons. The lowest BCUT2D eigenvalue weighted by Gasteiger charge is -2.00. The van der Waals surface area contributed by atoms with Gasteiger partial charge in [-0.1, -0.05) is 11.6 Å². The van der Waals surface area contributed by atoms with E-state index in [1.165, 1.54) is 12.1 Å². The second-order valence-electron chi connectivity index (χ2n) is 4.66. The summed E-state index contributed by atoms with van der Waals surface area (Å²) in [6.07, 6.45) is 0. The average Bonchev–Trinajstić information content (AvgIpc) is 3.05. The minimum absolute atomic E-state index is 0.0738. The molecule has 2 aromatic carbocycles. The Morgan fingerprint density at radius 1 is 1.17 bits per heavy atom. The van der Waals surface area contributed by atoms with E-state index in [4.69, 9.17) is 16.3 Å². The second kappa shape index (κ2) is 6.05. The lowest BCUT2D eigenvalue weighted by Crippen LogP contribution is -1.90. The van der Waals surface area contributed by atoms with Crippen molar-refractivity contribution in [2.45, 2.75) is 0 Å². The van der Waals surface area contributed by atoms with E-state index in [0.29, 0.717) is 17.2 Å². The topological polar surface area (TPSA) is 93.9 Å². The largest absolute Gasteiger partial charge is 0.497 e. The zero-order valence-electron chi connectivity index (χ0n) is 12.0. The molecule has 0 saturated heterocycles. The second-order valence-corrected chi connectivity index (χ2v) is 5.07. The van der Waals surface area contributed by atoms with Gasteiger partial charge in [-0.3, -0.25) is 15.2 Å². The molecule has 3 rings (SSSR count). The Bertz CT molecular complexity index is 861. The Morgan fingerprint density at radius 3 is 2.52 bits per heavy atom. The van der Waals surface area contributed by atoms with E-state index in [2.05, 4.69) is 15.2 Å². The fourth-order valence-electron chi connectivity index (χ4n) is 2.06. The van der Waals surface area contributed by atoms with E-state index in [0.717, 1.165) is 11.3 Å². The summed E-state index contributed by atoms with van der Waals surface area (Å²) >= 11 is 5.81. The van der Waals surface area contributed by atoms with E-state index in [9.17, 15) is 10.1 Å². The molecule has 8 heteroatoms. The molecule has 0 aliphatic heterocycles. The van der Waals surface area contributed by atoms with Gasteiger partial charge in [-0.05, 0) is 36.4 Å². The molecule has 0 saturated carbocycles. The first kappa shape index (κ1) is 15.0. The molecule has 0 fully saturated rings. The number of H-pyrrole nitrogens is 1. The molecule has 0 aliphatic rings. The molecule has 0 amide bonds. The molecule has 1 N–H and O–H groups in total. The molecule has 0 radical (unpaired) electrons. The van der Waals surface area contributed by atoms with Gasteiger partial charge in [-0.2, -0.15) is 5.10 Å². The Kier molecular flexibility index (Phi) is 3.94. The molecule has 23 heavy (non-hydrogen) atoms. The van der Waals surface area contributed by atoms with Crippen molar-refractivity contribution in [2.75, 3.05) is 7.11 Å². The third-order valence-electron chi connectivity index (χ3n) is 3.25. The molecule has 7 nitrogen and oxygen atoms in total. The van der Waals surface area contributed by atoms with Gasteiger partial charge in [0, 0.05) is 17.2 Å². The summed E-state index contributed by atoms with van der Waals surface area (Å²) in [5.41, 5.74) is 1.16. The Morgan fingerprint density at radius 2 is 1.87 bits per heavy atom. The van der Waals surface area contributed by atoms with Gasteiger partial charge in [-0.15, -0.1) is 0 Å². The number of methoxy groups -OCH3 is 1. The number of ether oxygens (including phenoxy) is 1. The summed E-state index contributed by atoms with van der Waals surface area (Å²) in [6, 6.07) is 11.7. The van der Waals surface area contributed by atoms with Gasteiger partial charge in [0.05, 0.1) is 12.0 Å². The van der Waals surface area contributed by atoms with Crippen LogP contribution >= 0.6 is 11.6 Å². The number of nitro groups is 1. The van der Waals surface area contributed by atoms with Crippen molar-refractivity contribution in [1.29, 1.82) is 0 Å². The minimum atomic E-state index is -0.539. The van der Waals surface area contributed by atoms with E-state index in [-0.39, 0.29) is 10.7 Å². The number of aromatic nitrogens is 3. The number of hydrogen-bond acceptors (Lipinski definition) is 5. The van der Waals surface area contributed by atoms with Crippen LogP contribution in [0.25, 0.3) is 22.8 Å². The standard InChI is InChI=1S/C15H11ClN4O3/c1-23-11-5-2-9(3-6-11)14-17-15(19-18-14)10-4-7-12(16)13(8-10)20(21)22/h2-8H,1H3,(H,17,18,19). The maximum Gasteiger partial charge on any atom is 0.288 e. The average molecular weight is 331 g/mol. The van der Waals surface area contributed by atoms with Crippen LogP contribution < -0.4 is 4.74 Å². The lowest BCUT2D eigenvalue weighted by atomic mass is 10.2. The third kappa shape index (κ3) is 3.00. The number of benzene rings is 2. The maximum atomic E-state index is 11.0. The van der Waals surface area contributed by atoms with E-state index < -0.39 is 4.92 Å². The van der Waals surface area contributed by atoms with Crippen LogP contribution in [0.4, 0.5) is 5.69 Å². The zero-order valence-corrected chi connectivity index (χ0v) is 12.7. The molecule has 3 aromatic rings. The van der Waals surface area contributed by atoms with Gasteiger partial charge in [0.2, 0.25) is 0 Å². The van der Waals surface area contributed by atoms with Crippen LogP contribution in [0.2, 0.25) is 5.02 Å². The van der Waals surface area contributed by atoms with Crippen molar-refractivity contribution in [2.24, 2.45) is 0 Å². The lowest BCUT2D eigenvalue weighted by molar-refractivity contribution is -0.384. The van der Waals surface area contributed by atoms with Crippen LogP contribution in [0.1, 0.15) is 0 Å². The maximum absolute atomic E-state index is 11.0. The summed E-state index contributed by atoms with van der Waals surface area (Å²) in [4.78, 5) is 14.8. The predicted octanol–water partition coefficient (Wildman–Crippen LogP) is 3.71. The summed E-state index contributed by atoms with van der Waals surface area (Å²) in [5, 5.41) is 17.9. The van der Waals surface area contributed by atoms with Gasteiger partial charge in [0.25, 0.3) is 5.69 Å². The molecule has 1 aromatic heterocycles. The highest BCUT2D eigenvalue weighted by Gasteiger charge is 2.16. The number of rotatable bonds is 4. The van der Waals surface area contributed by atoms with Crippen molar-refractivity contribution < 1.29 is 9.66 Å². The highest BCUT2D eigenvalue weighted by molar-refractivity contribution is 6.32. The van der Waals surface area contributed by atoms with Crippen molar-refractivity contribution >= 4 is 17.3 Å². The van der Waals surface area contributed by atoms with Crippen molar-refractivity contribution in [3.63, 3.8) is 0 Å². The number of nitrogens with zero attached hydrogens (tertiary/aromatic N) is 3. The highest BCUT2D eigenvalue weighted by atomic mass is 35.5. The van der Waals surface area contributed by atoms with Crippen molar-refractivity contribution in [3.8, 4) is 28.5 Å². The summed E-state index contributed by atoms with van der Waals surface area (Å²) < 4.78 is 5.10. The fraction of sp³-hybridized carbons (Fsp3) is 0.0667. The van der Waals surface area contributed by atoms with E-state index >= 15 is 0 Å². The van der Waals surface area contributed by atoms with Crippen molar-refractivity contribution in [1.82, 2.24) is 15.2 Å². The van der Waals surface area contributed by atoms with Crippen LogP contribution in [-0.4, -0.2) is 27.2 Å². The third-order valence-corrected chi connectivity index (χ3v) is 3.57. The molecular weight excluding hydrogens is 320 g/mol. The molecule has 0 aliphatic carbocycles. The molecule has 0 spiro atoms. The van der Waals surface area contributed by atoms with Gasteiger partial charge < -0.3 is 4.74 Å². The quantitative estimate of drug-likeness (QED) is 0.581. The first-order valence-corrected chi connectivity index (χ1v) is 6.97. The zero-order chi connectivity index (χ0) is 16.4. The number of halogens is 1. The highest BCUT2D eigenvalue weighted by Crippen LogP contribution is 2.29. The van der Waals surface area contributed by atoms with Gasteiger partial charge in [0.15, 0.2) is 11.6 Å². The first-order valence-electron chi connectivity index (χ1n) is 6.59. The molecule has 0 bridgehead atoms. The summed E-state index contributed by atoms with van der Waals surface area (Å²) in [6.45, 7) is 0. The molecular formula is C15H11ClN4O3. The minimum Gasteiger partial charge on any atom is -0.497 e. The number of nitrogens with one attached hydrogen (secondary N) is 1. The monoisotopic (exact) mass is 330 g/mol. The Labute approximate surface area is 136 Å². The molecule has 0 atom stereocenters. The van der Waals surface area contributed by atoms with Crippen LogP contribution in [0.15, 0.2) is 42.5 Å². The Hall–Kier alpha value is -2.93. The van der Waals surface area contributed by atoms with Crippen LogP contribution in [-0.2, 0) is 0 Å². The normalized spacial score (nSPS) is 10.5. The predicted molar refractivity (Wildman–Crippen MR) is 85.5 cm³/mol. The molecule has 1 heterocycles. The fourth-order valence-corrected chi connectivity index (χ4v) is 2.25. The van der Waals surface area contributed by atoms with Gasteiger partial charge in [0.1, 0.15) is 10.8 Å². The number of hydrogen-bond donors (Lipinski definition) is 1. The van der Waals surface area contributed by atoms with Gasteiger partial charge in [-0.25, -0.2) is 4.98 Å². The SMILES string of the molecule is COc1ccc(-c2nc(-c3ccc(Cl)c([N+](=O)[O-])c3)n[nH]2)cc1. The number of aromatic amines is 1. The summed E-state index contributed by atoms with van der Waals surface area (Å²) in [5.74, 6) is 1.65. The smallest absolute Gasteiger partial charge is 0.288 e. The summed E-state index contributed by atoms with van der Waals surface area (Å²) in [7, 11) is 1.59. The Balaban J connectivity index is 1.95. The van der Waals surface area contributed by atoms with Gasteiger partial charge >= 0.3 is 0 Å². The van der Waals surface area contributed by atoms with E-state index in [1.807, 2.05) is 24.3 Å².